The van der Waals surface area contributed by atoms with Crippen molar-refractivity contribution in [1.82, 2.24) is 10.3 Å². The van der Waals surface area contributed by atoms with E-state index in [0.29, 0.717) is 5.92 Å². The average Bonchev–Trinajstić information content (AvgIpc) is 2.29. The maximum absolute atomic E-state index is 5.59. The van der Waals surface area contributed by atoms with E-state index in [1.165, 1.54) is 12.8 Å². The number of rotatable bonds is 3. The Bertz CT molecular complexity index is 257. The van der Waals surface area contributed by atoms with Gasteiger partial charge in [0, 0.05) is 24.7 Å². The first-order valence-corrected chi connectivity index (χ1v) is 5.20. The first-order valence-electron chi connectivity index (χ1n) is 5.20. The summed E-state index contributed by atoms with van der Waals surface area (Å²) in [5, 5.41) is 3.37. The summed E-state index contributed by atoms with van der Waals surface area (Å²) in [6.45, 7) is 3.01. The van der Waals surface area contributed by atoms with Crippen molar-refractivity contribution < 1.29 is 4.74 Å². The lowest BCUT2D eigenvalue weighted by atomic mass is 10.0. The van der Waals surface area contributed by atoms with Crippen LogP contribution in [0.25, 0.3) is 0 Å². The Morgan fingerprint density at radius 2 is 2.50 bits per heavy atom. The van der Waals surface area contributed by atoms with Gasteiger partial charge in [-0.3, -0.25) is 0 Å². The van der Waals surface area contributed by atoms with Gasteiger partial charge in [-0.1, -0.05) is 6.07 Å². The Balaban J connectivity index is 1.76. The fourth-order valence-electron chi connectivity index (χ4n) is 1.70. The van der Waals surface area contributed by atoms with Crippen molar-refractivity contribution >= 4 is 0 Å². The van der Waals surface area contributed by atoms with Gasteiger partial charge >= 0.3 is 0 Å². The van der Waals surface area contributed by atoms with Crippen LogP contribution in [0.15, 0.2) is 24.4 Å². The molecule has 0 amide bonds. The Morgan fingerprint density at radius 3 is 3.21 bits per heavy atom. The lowest BCUT2D eigenvalue weighted by molar-refractivity contribution is 0.212. The van der Waals surface area contributed by atoms with Gasteiger partial charge in [0.1, 0.15) is 0 Å². The van der Waals surface area contributed by atoms with Gasteiger partial charge in [-0.2, -0.15) is 0 Å². The summed E-state index contributed by atoms with van der Waals surface area (Å²) in [5.74, 6) is 1.38. The molecule has 0 bridgehead atoms. The quantitative estimate of drug-likeness (QED) is 0.787. The normalized spacial score (nSPS) is 21.9. The number of hydrogen-bond donors (Lipinski definition) is 1. The second-order valence-corrected chi connectivity index (χ2v) is 3.69. The van der Waals surface area contributed by atoms with E-state index in [1.54, 1.807) is 6.20 Å². The molecule has 1 fully saturated rings. The summed E-state index contributed by atoms with van der Waals surface area (Å²) in [6, 6.07) is 5.74. The topological polar surface area (TPSA) is 34.1 Å². The van der Waals surface area contributed by atoms with Gasteiger partial charge in [0.05, 0.1) is 6.61 Å². The van der Waals surface area contributed by atoms with Crippen LogP contribution in [-0.4, -0.2) is 24.7 Å². The van der Waals surface area contributed by atoms with Crippen LogP contribution in [0.1, 0.15) is 12.8 Å². The Labute approximate surface area is 84.5 Å². The lowest BCUT2D eigenvalue weighted by Crippen LogP contribution is -2.33. The minimum Gasteiger partial charge on any atom is -0.477 e. The van der Waals surface area contributed by atoms with Crippen LogP contribution >= 0.6 is 0 Å². The van der Waals surface area contributed by atoms with E-state index < -0.39 is 0 Å². The molecule has 76 valence electrons. The van der Waals surface area contributed by atoms with Gasteiger partial charge in [-0.25, -0.2) is 4.98 Å². The molecule has 1 aliphatic rings. The Morgan fingerprint density at radius 1 is 1.50 bits per heavy atom. The molecule has 0 aromatic carbocycles. The number of piperidine rings is 1. The molecule has 3 heteroatoms. The molecular formula is C11H16N2O. The first-order chi connectivity index (χ1) is 6.95. The van der Waals surface area contributed by atoms with Gasteiger partial charge < -0.3 is 10.1 Å². The predicted molar refractivity (Wildman–Crippen MR) is 55.3 cm³/mol. The van der Waals surface area contributed by atoms with E-state index in [-0.39, 0.29) is 0 Å². The molecule has 0 saturated carbocycles. The van der Waals surface area contributed by atoms with Crippen molar-refractivity contribution in [3.63, 3.8) is 0 Å². The SMILES string of the molecule is c1ccc(OC[C@@H]2CCCNC2)nc1. The summed E-state index contributed by atoms with van der Waals surface area (Å²) in [5.41, 5.74) is 0. The average molecular weight is 192 g/mol. The molecule has 2 rings (SSSR count). The van der Waals surface area contributed by atoms with E-state index in [0.717, 1.165) is 25.6 Å². The highest BCUT2D eigenvalue weighted by atomic mass is 16.5. The van der Waals surface area contributed by atoms with Crippen molar-refractivity contribution in [2.75, 3.05) is 19.7 Å². The van der Waals surface area contributed by atoms with Crippen LogP contribution in [0.3, 0.4) is 0 Å². The van der Waals surface area contributed by atoms with E-state index >= 15 is 0 Å². The molecule has 1 aliphatic heterocycles. The molecule has 1 N–H and O–H groups in total. The summed E-state index contributed by atoms with van der Waals surface area (Å²) in [4.78, 5) is 4.12. The predicted octanol–water partition coefficient (Wildman–Crippen LogP) is 1.46. The molecule has 0 spiro atoms. The fourth-order valence-corrected chi connectivity index (χ4v) is 1.70. The zero-order valence-electron chi connectivity index (χ0n) is 8.28. The molecule has 1 saturated heterocycles. The zero-order chi connectivity index (χ0) is 9.64. The Kier molecular flexibility index (Phi) is 3.35. The van der Waals surface area contributed by atoms with Gasteiger partial charge in [-0.05, 0) is 25.5 Å². The first kappa shape index (κ1) is 9.46. The highest BCUT2D eigenvalue weighted by Crippen LogP contribution is 2.12. The van der Waals surface area contributed by atoms with E-state index in [9.17, 15) is 0 Å². The van der Waals surface area contributed by atoms with Crippen molar-refractivity contribution in [3.05, 3.63) is 24.4 Å². The van der Waals surface area contributed by atoms with Crippen LogP contribution < -0.4 is 10.1 Å². The van der Waals surface area contributed by atoms with Crippen molar-refractivity contribution in [2.45, 2.75) is 12.8 Å². The van der Waals surface area contributed by atoms with E-state index in [1.807, 2.05) is 18.2 Å². The molecule has 14 heavy (non-hydrogen) atoms. The van der Waals surface area contributed by atoms with Gasteiger partial charge in [0.2, 0.25) is 5.88 Å². The van der Waals surface area contributed by atoms with Crippen molar-refractivity contribution in [2.24, 2.45) is 5.92 Å². The van der Waals surface area contributed by atoms with Crippen LogP contribution in [0.4, 0.5) is 0 Å². The van der Waals surface area contributed by atoms with Gasteiger partial charge in [0.15, 0.2) is 0 Å². The molecule has 1 aromatic rings. The third kappa shape index (κ3) is 2.70. The summed E-state index contributed by atoms with van der Waals surface area (Å²) >= 11 is 0. The lowest BCUT2D eigenvalue weighted by Gasteiger charge is -2.22. The number of nitrogens with zero attached hydrogens (tertiary/aromatic N) is 1. The molecule has 0 aliphatic carbocycles. The van der Waals surface area contributed by atoms with Gasteiger partial charge in [0.25, 0.3) is 0 Å². The third-order valence-corrected chi connectivity index (χ3v) is 2.50. The largest absolute Gasteiger partial charge is 0.477 e. The number of nitrogens with one attached hydrogen (secondary N) is 1. The molecule has 3 nitrogen and oxygen atoms in total. The number of pyridine rings is 1. The summed E-state index contributed by atoms with van der Waals surface area (Å²) in [7, 11) is 0. The van der Waals surface area contributed by atoms with Crippen LogP contribution in [0, 0.1) is 5.92 Å². The van der Waals surface area contributed by atoms with E-state index in [2.05, 4.69) is 10.3 Å². The van der Waals surface area contributed by atoms with E-state index in [4.69, 9.17) is 4.74 Å². The number of hydrogen-bond acceptors (Lipinski definition) is 3. The minimum absolute atomic E-state index is 0.644. The molecule has 1 atom stereocenters. The maximum atomic E-state index is 5.59. The molecule has 2 heterocycles. The maximum Gasteiger partial charge on any atom is 0.213 e. The highest BCUT2D eigenvalue weighted by Gasteiger charge is 2.13. The van der Waals surface area contributed by atoms with Gasteiger partial charge in [-0.15, -0.1) is 0 Å². The molecule has 1 aromatic heterocycles. The number of ether oxygens (including phenoxy) is 1. The Hall–Kier alpha value is -1.09. The third-order valence-electron chi connectivity index (χ3n) is 2.50. The monoisotopic (exact) mass is 192 g/mol. The summed E-state index contributed by atoms with van der Waals surface area (Å²) < 4.78 is 5.59. The molecular weight excluding hydrogens is 176 g/mol. The van der Waals surface area contributed by atoms with Crippen LogP contribution in [0.2, 0.25) is 0 Å². The van der Waals surface area contributed by atoms with Crippen LogP contribution in [-0.2, 0) is 0 Å². The molecule has 0 radical (unpaired) electrons. The van der Waals surface area contributed by atoms with Crippen molar-refractivity contribution in [1.29, 1.82) is 0 Å². The number of aromatic nitrogens is 1. The smallest absolute Gasteiger partial charge is 0.213 e. The highest BCUT2D eigenvalue weighted by molar-refractivity contribution is 5.09. The summed E-state index contributed by atoms with van der Waals surface area (Å²) in [6.07, 6.45) is 4.28. The second kappa shape index (κ2) is 4.96. The molecule has 0 unspecified atom stereocenters. The second-order valence-electron chi connectivity index (χ2n) is 3.69. The van der Waals surface area contributed by atoms with Crippen molar-refractivity contribution in [3.8, 4) is 5.88 Å². The van der Waals surface area contributed by atoms with Crippen LogP contribution in [0.5, 0.6) is 5.88 Å². The fraction of sp³-hybridized carbons (Fsp3) is 0.545. The zero-order valence-corrected chi connectivity index (χ0v) is 8.28. The minimum atomic E-state index is 0.644. The standard InChI is InChI=1S/C11H16N2O/c1-2-7-13-11(5-1)14-9-10-4-3-6-12-8-10/h1-2,5,7,10,12H,3-4,6,8-9H2/t10-/m1/s1.